The number of hydrogen-bond acceptors (Lipinski definition) is 5. The number of carbonyl (C=O) groups excluding carboxylic acids is 2. The van der Waals surface area contributed by atoms with Crippen molar-refractivity contribution in [2.45, 2.75) is 43.6 Å². The molecule has 0 spiro atoms. The van der Waals surface area contributed by atoms with Crippen LogP contribution in [0.1, 0.15) is 54.3 Å². The maximum Gasteiger partial charge on any atom is 0.183 e. The lowest BCUT2D eigenvalue weighted by molar-refractivity contribution is 0.0713. The highest BCUT2D eigenvalue weighted by atomic mass is 32.2. The quantitative estimate of drug-likeness (QED) is 0.754. The van der Waals surface area contributed by atoms with Crippen molar-refractivity contribution in [1.29, 1.82) is 0 Å². The van der Waals surface area contributed by atoms with Gasteiger partial charge in [-0.3, -0.25) is 13.8 Å². The maximum atomic E-state index is 13.8. The highest BCUT2D eigenvalue weighted by Crippen LogP contribution is 2.56. The highest BCUT2D eigenvalue weighted by molar-refractivity contribution is 7.95. The van der Waals surface area contributed by atoms with E-state index in [1.807, 2.05) is 0 Å². The molecule has 4 rings (SSSR count). The fraction of sp³-hybridized carbons (Fsp3) is 0.500. The topological polar surface area (TPSA) is 85.3 Å². The average molecular weight is 407 g/mol. The molecule has 0 unspecified atom stereocenters. The molecule has 0 radical (unpaired) electrons. The third-order valence-corrected chi connectivity index (χ3v) is 10.5. The molecule has 0 bridgehead atoms. The SMILES string of the molecule is CC1=C2[C@H](CCS2(=O)=O)[C@@]2([S@@](=O)C(C)C)C(=O)c3ccccc3C(=O)[C@@H]2C1. The van der Waals surface area contributed by atoms with Gasteiger partial charge in [0.15, 0.2) is 21.4 Å². The Kier molecular flexibility index (Phi) is 4.13. The summed E-state index contributed by atoms with van der Waals surface area (Å²) in [7, 11) is -5.16. The van der Waals surface area contributed by atoms with Gasteiger partial charge in [-0.15, -0.1) is 0 Å². The third kappa shape index (κ3) is 2.27. The lowest BCUT2D eigenvalue weighted by Crippen LogP contribution is -2.63. The number of sulfone groups is 1. The van der Waals surface area contributed by atoms with Gasteiger partial charge in [0.25, 0.3) is 0 Å². The molecule has 1 aromatic rings. The van der Waals surface area contributed by atoms with Crippen LogP contribution in [0.5, 0.6) is 0 Å². The van der Waals surface area contributed by atoms with Gasteiger partial charge in [0, 0.05) is 38.0 Å². The zero-order chi connectivity index (χ0) is 19.7. The Bertz CT molecular complexity index is 1030. The number of fused-ring (bicyclic) bond motifs is 4. The van der Waals surface area contributed by atoms with E-state index in [-0.39, 0.29) is 45.9 Å². The van der Waals surface area contributed by atoms with Crippen molar-refractivity contribution >= 4 is 32.2 Å². The first-order chi connectivity index (χ1) is 12.6. The van der Waals surface area contributed by atoms with Crippen LogP contribution in [0, 0.1) is 11.8 Å². The van der Waals surface area contributed by atoms with E-state index < -0.39 is 37.2 Å². The van der Waals surface area contributed by atoms with Crippen LogP contribution in [0.2, 0.25) is 0 Å². The van der Waals surface area contributed by atoms with Crippen LogP contribution in [-0.2, 0) is 20.6 Å². The van der Waals surface area contributed by atoms with Crippen molar-refractivity contribution in [1.82, 2.24) is 0 Å². The average Bonchev–Trinajstić information content (AvgIpc) is 2.95. The van der Waals surface area contributed by atoms with E-state index in [0.29, 0.717) is 11.1 Å². The van der Waals surface area contributed by atoms with Gasteiger partial charge in [0.05, 0.1) is 11.7 Å². The van der Waals surface area contributed by atoms with E-state index in [2.05, 4.69) is 0 Å². The van der Waals surface area contributed by atoms with Gasteiger partial charge in [-0.05, 0) is 19.8 Å². The summed E-state index contributed by atoms with van der Waals surface area (Å²) in [5, 5.41) is -0.363. The Hall–Kier alpha value is -1.60. The first kappa shape index (κ1) is 18.7. The van der Waals surface area contributed by atoms with Crippen LogP contribution in [0.15, 0.2) is 34.7 Å². The number of carbonyl (C=O) groups is 2. The molecule has 0 aromatic heterocycles. The standard InChI is InChI=1S/C20H22O5S2/c1-11(2)26(23)20-15-8-9-27(24,25)18(15)12(3)10-16(20)17(21)13-6-4-5-7-14(13)19(20)22/h4-7,11,15-16H,8-10H2,1-3H3/t15-,16-,20-,26-/m0/s1. The Morgan fingerprint density at radius 2 is 1.74 bits per heavy atom. The summed E-state index contributed by atoms with van der Waals surface area (Å²) < 4.78 is 37.5. The molecule has 0 saturated carbocycles. The molecule has 0 N–H and O–H groups in total. The summed E-state index contributed by atoms with van der Waals surface area (Å²) in [6, 6.07) is 6.64. The van der Waals surface area contributed by atoms with Crippen LogP contribution in [0.3, 0.4) is 0 Å². The van der Waals surface area contributed by atoms with Crippen molar-refractivity contribution in [2.24, 2.45) is 11.8 Å². The number of rotatable bonds is 2. The normalized spacial score (nSPS) is 32.9. The van der Waals surface area contributed by atoms with Gasteiger partial charge in [0.2, 0.25) is 0 Å². The molecule has 0 amide bonds. The molecule has 3 aliphatic rings. The van der Waals surface area contributed by atoms with Crippen LogP contribution >= 0.6 is 0 Å². The molecule has 1 heterocycles. The fourth-order valence-electron chi connectivity index (χ4n) is 5.16. The van der Waals surface area contributed by atoms with Crippen LogP contribution in [0.25, 0.3) is 0 Å². The summed E-state index contributed by atoms with van der Waals surface area (Å²) in [5.74, 6) is -2.04. The molecular formula is C20H22O5S2. The number of benzene rings is 1. The maximum absolute atomic E-state index is 13.8. The second kappa shape index (κ2) is 5.95. The highest BCUT2D eigenvalue weighted by Gasteiger charge is 2.67. The first-order valence-electron chi connectivity index (χ1n) is 9.15. The molecule has 1 saturated heterocycles. The van der Waals surface area contributed by atoms with Crippen LogP contribution in [-0.4, -0.2) is 39.9 Å². The number of Topliss-reactive ketones (excluding diaryl/α,β-unsaturated/α-hetero) is 2. The van der Waals surface area contributed by atoms with Gasteiger partial charge in [-0.25, -0.2) is 8.42 Å². The number of ketones is 2. The van der Waals surface area contributed by atoms with Crippen molar-refractivity contribution in [3.05, 3.63) is 45.9 Å². The van der Waals surface area contributed by atoms with Gasteiger partial charge in [-0.1, -0.05) is 43.7 Å². The van der Waals surface area contributed by atoms with Crippen molar-refractivity contribution < 1.29 is 22.2 Å². The predicted octanol–water partition coefficient (Wildman–Crippen LogP) is 2.69. The third-order valence-electron chi connectivity index (χ3n) is 6.16. The van der Waals surface area contributed by atoms with Gasteiger partial charge in [0.1, 0.15) is 4.75 Å². The number of allylic oxidation sites excluding steroid dienone is 2. The smallest absolute Gasteiger partial charge is 0.183 e. The van der Waals surface area contributed by atoms with E-state index in [1.165, 1.54) is 0 Å². The van der Waals surface area contributed by atoms with Gasteiger partial charge < -0.3 is 0 Å². The molecule has 144 valence electrons. The van der Waals surface area contributed by atoms with Crippen molar-refractivity contribution in [3.63, 3.8) is 0 Å². The zero-order valence-corrected chi connectivity index (χ0v) is 17.2. The summed E-state index contributed by atoms with van der Waals surface area (Å²) in [6.07, 6.45) is 0.410. The van der Waals surface area contributed by atoms with Crippen LogP contribution < -0.4 is 0 Å². The molecule has 27 heavy (non-hydrogen) atoms. The molecule has 5 nitrogen and oxygen atoms in total. The second-order valence-electron chi connectivity index (χ2n) is 7.94. The van der Waals surface area contributed by atoms with E-state index in [1.54, 1.807) is 45.0 Å². The van der Waals surface area contributed by atoms with E-state index in [0.717, 1.165) is 0 Å². The monoisotopic (exact) mass is 406 g/mol. The predicted molar refractivity (Wildman–Crippen MR) is 104 cm³/mol. The van der Waals surface area contributed by atoms with Gasteiger partial charge in [-0.2, -0.15) is 0 Å². The van der Waals surface area contributed by atoms with E-state index in [4.69, 9.17) is 0 Å². The zero-order valence-electron chi connectivity index (χ0n) is 15.5. The molecule has 2 aliphatic carbocycles. The molecule has 1 fully saturated rings. The second-order valence-corrected chi connectivity index (χ2v) is 12.2. The summed E-state index contributed by atoms with van der Waals surface area (Å²) in [6.45, 7) is 5.24. The summed E-state index contributed by atoms with van der Waals surface area (Å²) in [5.41, 5.74) is 1.27. The Balaban J connectivity index is 2.08. The van der Waals surface area contributed by atoms with Gasteiger partial charge >= 0.3 is 0 Å². The van der Waals surface area contributed by atoms with Crippen LogP contribution in [0.4, 0.5) is 0 Å². The van der Waals surface area contributed by atoms with E-state index in [9.17, 15) is 22.2 Å². The minimum absolute atomic E-state index is 0.0583. The molecule has 1 aromatic carbocycles. The minimum Gasteiger partial charge on any atom is -0.294 e. The lowest BCUT2D eigenvalue weighted by atomic mass is 9.62. The molecular weight excluding hydrogens is 384 g/mol. The molecule has 4 atom stereocenters. The Labute approximate surface area is 161 Å². The first-order valence-corrected chi connectivity index (χ1v) is 12.0. The van der Waals surface area contributed by atoms with Crippen molar-refractivity contribution in [3.8, 4) is 0 Å². The minimum atomic E-state index is -3.48. The summed E-state index contributed by atoms with van der Waals surface area (Å²) in [4.78, 5) is 27.4. The lowest BCUT2D eigenvalue weighted by Gasteiger charge is -2.49. The Morgan fingerprint density at radius 1 is 1.11 bits per heavy atom. The fourth-order valence-corrected chi connectivity index (χ4v) is 9.42. The van der Waals surface area contributed by atoms with E-state index >= 15 is 0 Å². The largest absolute Gasteiger partial charge is 0.294 e. The molecule has 7 heteroatoms. The Morgan fingerprint density at radius 3 is 2.37 bits per heavy atom. The van der Waals surface area contributed by atoms with Crippen molar-refractivity contribution in [2.75, 3.05) is 5.75 Å². The number of hydrogen-bond donors (Lipinski definition) is 0. The molecule has 1 aliphatic heterocycles. The summed E-state index contributed by atoms with van der Waals surface area (Å²) >= 11 is 0.